The largest absolute Gasteiger partial charge is 0.478 e. The highest BCUT2D eigenvalue weighted by molar-refractivity contribution is 7.92. The second kappa shape index (κ2) is 8.48. The molecule has 2 aromatic heterocycles. The molecule has 3 rings (SSSR count). The summed E-state index contributed by atoms with van der Waals surface area (Å²) < 4.78 is 103. The average Bonchev–Trinajstić information content (AvgIpc) is 3.09. The SMILES string of the molecule is CCS(=O)(=O)c1c(NCc2cnc(C(F)(F)F)cc2C(=O)O)sc2cc(C(F)(F)F)ccc12. The standard InChI is InChI=1S/C19H14F6N2O4S2/c1-2-33(30,31)15-11-4-3-10(18(20,21)22)5-13(11)32-16(15)27-8-9-7-26-14(19(23,24)25)6-12(9)17(28)29/h3-7,27H,2,8H2,1H3,(H,28,29). The van der Waals surface area contributed by atoms with Crippen LogP contribution in [0.3, 0.4) is 0 Å². The smallest absolute Gasteiger partial charge is 0.433 e. The number of carbonyl (C=O) groups is 1. The number of halogens is 6. The van der Waals surface area contributed by atoms with Gasteiger partial charge in [-0.05, 0) is 18.2 Å². The Bertz CT molecular complexity index is 1330. The van der Waals surface area contributed by atoms with E-state index in [2.05, 4.69) is 10.3 Å². The second-order valence-corrected chi connectivity index (χ2v) is 10.0. The molecule has 0 aliphatic carbocycles. The minimum Gasteiger partial charge on any atom is -0.478 e. The first kappa shape index (κ1) is 24.8. The molecule has 1 aromatic carbocycles. The number of fused-ring (bicyclic) bond motifs is 1. The van der Waals surface area contributed by atoms with Crippen LogP contribution in [0.15, 0.2) is 35.4 Å². The van der Waals surface area contributed by atoms with Crippen molar-refractivity contribution in [2.24, 2.45) is 0 Å². The van der Waals surface area contributed by atoms with Gasteiger partial charge in [-0.15, -0.1) is 11.3 Å². The number of carboxylic acid groups (broad SMARTS) is 1. The Morgan fingerprint density at radius 3 is 2.33 bits per heavy atom. The van der Waals surface area contributed by atoms with Crippen LogP contribution in [0.1, 0.15) is 34.1 Å². The van der Waals surface area contributed by atoms with Crippen LogP contribution in [0.4, 0.5) is 31.3 Å². The summed E-state index contributed by atoms with van der Waals surface area (Å²) in [4.78, 5) is 14.4. The van der Waals surface area contributed by atoms with Gasteiger partial charge in [0.15, 0.2) is 9.84 Å². The summed E-state index contributed by atoms with van der Waals surface area (Å²) in [5.41, 5.74) is -3.28. The summed E-state index contributed by atoms with van der Waals surface area (Å²) in [5.74, 6) is -2.02. The molecule has 0 saturated heterocycles. The van der Waals surface area contributed by atoms with Crippen molar-refractivity contribution in [1.29, 1.82) is 0 Å². The molecule has 3 aromatic rings. The third-order valence-corrected chi connectivity index (χ3v) is 7.66. The molecule has 0 saturated carbocycles. The molecule has 0 amide bonds. The van der Waals surface area contributed by atoms with E-state index in [0.717, 1.165) is 18.2 Å². The van der Waals surface area contributed by atoms with E-state index < -0.39 is 51.5 Å². The van der Waals surface area contributed by atoms with Gasteiger partial charge in [0.1, 0.15) is 15.6 Å². The Balaban J connectivity index is 2.08. The van der Waals surface area contributed by atoms with Crippen molar-refractivity contribution in [3.05, 3.63) is 52.8 Å². The zero-order valence-corrected chi connectivity index (χ0v) is 18.1. The van der Waals surface area contributed by atoms with E-state index in [1.165, 1.54) is 6.92 Å². The molecular formula is C19H14F6N2O4S2. The Morgan fingerprint density at radius 1 is 1.12 bits per heavy atom. The molecule has 0 spiro atoms. The van der Waals surface area contributed by atoms with Gasteiger partial charge in [-0.2, -0.15) is 26.3 Å². The number of anilines is 1. The number of aromatic carboxylic acids is 1. The fraction of sp³-hybridized carbons (Fsp3) is 0.263. The highest BCUT2D eigenvalue weighted by Crippen LogP contribution is 2.42. The van der Waals surface area contributed by atoms with Crippen molar-refractivity contribution < 1.29 is 44.7 Å². The molecule has 2 heterocycles. The summed E-state index contributed by atoms with van der Waals surface area (Å²) in [6.07, 6.45) is -8.83. The fourth-order valence-electron chi connectivity index (χ4n) is 2.97. The summed E-state index contributed by atoms with van der Waals surface area (Å²) >= 11 is 0.699. The molecule has 33 heavy (non-hydrogen) atoms. The van der Waals surface area contributed by atoms with Gasteiger partial charge in [0.05, 0.1) is 16.9 Å². The van der Waals surface area contributed by atoms with E-state index in [0.29, 0.717) is 23.6 Å². The van der Waals surface area contributed by atoms with E-state index in [9.17, 15) is 44.7 Å². The van der Waals surface area contributed by atoms with Gasteiger partial charge in [0.2, 0.25) is 0 Å². The van der Waals surface area contributed by atoms with E-state index in [1.807, 2.05) is 0 Å². The maximum Gasteiger partial charge on any atom is 0.433 e. The molecule has 0 unspecified atom stereocenters. The average molecular weight is 512 g/mol. The zero-order valence-electron chi connectivity index (χ0n) is 16.5. The minimum absolute atomic E-state index is 0.0170. The van der Waals surface area contributed by atoms with Gasteiger partial charge in [-0.25, -0.2) is 13.2 Å². The lowest BCUT2D eigenvalue weighted by molar-refractivity contribution is -0.141. The molecule has 0 radical (unpaired) electrons. The van der Waals surface area contributed by atoms with Crippen LogP contribution in [-0.2, 0) is 28.7 Å². The molecule has 0 aliphatic rings. The summed E-state index contributed by atoms with van der Waals surface area (Å²) in [5, 5.41) is 11.9. The van der Waals surface area contributed by atoms with E-state index >= 15 is 0 Å². The van der Waals surface area contributed by atoms with Crippen LogP contribution in [0, 0.1) is 0 Å². The lowest BCUT2D eigenvalue weighted by Crippen LogP contribution is -2.14. The second-order valence-electron chi connectivity index (χ2n) is 6.76. The number of thiophene rings is 1. The van der Waals surface area contributed by atoms with Gasteiger partial charge >= 0.3 is 18.3 Å². The molecule has 6 nitrogen and oxygen atoms in total. The highest BCUT2D eigenvalue weighted by Gasteiger charge is 2.34. The monoisotopic (exact) mass is 512 g/mol. The summed E-state index contributed by atoms with van der Waals surface area (Å²) in [6.45, 7) is 0.910. The van der Waals surface area contributed by atoms with Crippen LogP contribution in [0.25, 0.3) is 10.1 Å². The van der Waals surface area contributed by atoms with Crippen molar-refractivity contribution in [3.63, 3.8) is 0 Å². The Labute approximate surface area is 186 Å². The van der Waals surface area contributed by atoms with Gasteiger partial charge in [0.25, 0.3) is 0 Å². The summed E-state index contributed by atoms with van der Waals surface area (Å²) in [6, 6.07) is 2.92. The van der Waals surface area contributed by atoms with Crippen molar-refractivity contribution in [1.82, 2.24) is 4.98 Å². The van der Waals surface area contributed by atoms with Crippen LogP contribution >= 0.6 is 11.3 Å². The first-order valence-electron chi connectivity index (χ1n) is 9.05. The van der Waals surface area contributed by atoms with Crippen LogP contribution in [0.2, 0.25) is 0 Å². The van der Waals surface area contributed by atoms with Crippen molar-refractivity contribution in [2.75, 3.05) is 11.1 Å². The number of sulfone groups is 1. The quantitative estimate of drug-likeness (QED) is 0.427. The molecule has 178 valence electrons. The number of carboxylic acids is 1. The van der Waals surface area contributed by atoms with Crippen molar-refractivity contribution >= 4 is 42.2 Å². The number of hydrogen-bond acceptors (Lipinski definition) is 6. The molecule has 2 N–H and O–H groups in total. The van der Waals surface area contributed by atoms with Crippen molar-refractivity contribution in [2.45, 2.75) is 30.7 Å². The Hall–Kier alpha value is -2.87. The molecule has 0 atom stereocenters. The topological polar surface area (TPSA) is 96.4 Å². The summed E-state index contributed by atoms with van der Waals surface area (Å²) in [7, 11) is -3.93. The number of aromatic nitrogens is 1. The normalized spacial score (nSPS) is 12.8. The maximum absolute atomic E-state index is 13.1. The Kier molecular flexibility index (Phi) is 6.37. The van der Waals surface area contributed by atoms with E-state index in [-0.39, 0.29) is 31.3 Å². The van der Waals surface area contributed by atoms with Crippen molar-refractivity contribution in [3.8, 4) is 0 Å². The lowest BCUT2D eigenvalue weighted by Gasteiger charge is -2.12. The number of alkyl halides is 6. The van der Waals surface area contributed by atoms with Gasteiger partial charge in [-0.3, -0.25) is 4.98 Å². The Morgan fingerprint density at radius 2 is 1.79 bits per heavy atom. The number of hydrogen-bond donors (Lipinski definition) is 2. The number of rotatable bonds is 6. The number of nitrogens with one attached hydrogen (secondary N) is 1. The predicted molar refractivity (Wildman–Crippen MR) is 108 cm³/mol. The van der Waals surface area contributed by atoms with E-state index in [1.54, 1.807) is 0 Å². The van der Waals surface area contributed by atoms with Crippen LogP contribution in [-0.4, -0.2) is 30.2 Å². The molecule has 0 aliphatic heterocycles. The fourth-order valence-corrected chi connectivity index (χ4v) is 5.73. The number of benzene rings is 1. The highest BCUT2D eigenvalue weighted by atomic mass is 32.2. The molecule has 0 bridgehead atoms. The minimum atomic E-state index is -4.87. The van der Waals surface area contributed by atoms with Gasteiger partial charge < -0.3 is 10.4 Å². The lowest BCUT2D eigenvalue weighted by atomic mass is 10.1. The zero-order chi connectivity index (χ0) is 24.8. The first-order valence-corrected chi connectivity index (χ1v) is 11.5. The molecular weight excluding hydrogens is 498 g/mol. The first-order chi connectivity index (χ1) is 15.1. The molecule has 0 fully saturated rings. The molecule has 14 heteroatoms. The number of nitrogens with zero attached hydrogens (tertiary/aromatic N) is 1. The maximum atomic E-state index is 13.1. The number of pyridine rings is 1. The van der Waals surface area contributed by atoms with E-state index in [4.69, 9.17) is 0 Å². The van der Waals surface area contributed by atoms with Gasteiger partial charge in [-0.1, -0.05) is 13.0 Å². The predicted octanol–water partition coefficient (Wildman–Crippen LogP) is 5.44. The van der Waals surface area contributed by atoms with Gasteiger partial charge in [0, 0.05) is 28.4 Å². The third-order valence-electron chi connectivity index (χ3n) is 4.61. The van der Waals surface area contributed by atoms with Crippen LogP contribution in [0.5, 0.6) is 0 Å². The van der Waals surface area contributed by atoms with Crippen LogP contribution < -0.4 is 5.32 Å². The third kappa shape index (κ3) is 5.05.